The van der Waals surface area contributed by atoms with Crippen molar-refractivity contribution in [3.63, 3.8) is 0 Å². The largest absolute Gasteiger partial charge is 0.480 e. The third kappa shape index (κ3) is 3.39. The summed E-state index contributed by atoms with van der Waals surface area (Å²) in [7, 11) is 0. The van der Waals surface area contributed by atoms with Gasteiger partial charge < -0.3 is 10.4 Å². The molecule has 2 N–H and O–H groups in total. The van der Waals surface area contributed by atoms with Crippen LogP contribution in [-0.2, 0) is 17.6 Å². The first-order valence-electron chi connectivity index (χ1n) is 7.14. The number of amides is 1. The van der Waals surface area contributed by atoms with E-state index < -0.39 is 12.0 Å². The Morgan fingerprint density at radius 2 is 1.95 bits per heavy atom. The molecule has 0 radical (unpaired) electrons. The molecule has 1 amide bonds. The second-order valence-corrected chi connectivity index (χ2v) is 6.79. The van der Waals surface area contributed by atoms with Gasteiger partial charge in [-0.05, 0) is 43.2 Å². The smallest absolute Gasteiger partial charge is 0.326 e. The maximum Gasteiger partial charge on any atom is 0.326 e. The molecule has 0 aliphatic heterocycles. The van der Waals surface area contributed by atoms with Gasteiger partial charge in [-0.3, -0.25) is 4.79 Å². The fourth-order valence-corrected chi connectivity index (χ4v) is 3.66. The van der Waals surface area contributed by atoms with Gasteiger partial charge >= 0.3 is 5.97 Å². The van der Waals surface area contributed by atoms with Crippen molar-refractivity contribution in [2.45, 2.75) is 52.0 Å². The van der Waals surface area contributed by atoms with Gasteiger partial charge in [-0.1, -0.05) is 20.3 Å². The first kappa shape index (κ1) is 15.0. The molecule has 0 spiro atoms. The Bertz CT molecular complexity index is 484. The summed E-state index contributed by atoms with van der Waals surface area (Å²) < 4.78 is 0. The molecule has 0 saturated carbocycles. The highest BCUT2D eigenvalue weighted by molar-refractivity contribution is 7.14. The summed E-state index contributed by atoms with van der Waals surface area (Å²) in [5, 5.41) is 11.8. The van der Waals surface area contributed by atoms with Crippen molar-refractivity contribution in [1.29, 1.82) is 0 Å². The maximum atomic E-state index is 12.2. The molecule has 4 nitrogen and oxygen atoms in total. The van der Waals surface area contributed by atoms with Crippen molar-refractivity contribution in [3.05, 3.63) is 21.4 Å². The Kier molecular flexibility index (Phi) is 4.81. The molecule has 1 atom stereocenters. The number of hydrogen-bond acceptors (Lipinski definition) is 3. The molecule has 0 saturated heterocycles. The Balaban J connectivity index is 2.11. The molecule has 1 heterocycles. The molecule has 1 aliphatic carbocycles. The third-order valence-corrected chi connectivity index (χ3v) is 4.93. The van der Waals surface area contributed by atoms with Gasteiger partial charge in [-0.2, -0.15) is 0 Å². The molecular weight excluding hydrogens is 274 g/mol. The zero-order valence-electron chi connectivity index (χ0n) is 11.9. The van der Waals surface area contributed by atoms with Gasteiger partial charge in [0.05, 0.1) is 4.88 Å². The van der Waals surface area contributed by atoms with Crippen LogP contribution < -0.4 is 5.32 Å². The molecule has 20 heavy (non-hydrogen) atoms. The number of carboxylic acids is 1. The van der Waals surface area contributed by atoms with Gasteiger partial charge in [-0.25, -0.2) is 4.79 Å². The number of fused-ring (bicyclic) bond motifs is 1. The first-order chi connectivity index (χ1) is 9.49. The normalized spacial score (nSPS) is 16.4. The summed E-state index contributed by atoms with van der Waals surface area (Å²) in [6, 6.07) is 1.12. The number of carboxylic acid groups (broad SMARTS) is 1. The SMILES string of the molecule is CC(C)[C@H](NC(=O)c1cc2c(s1)CCCCC2)C(=O)O. The molecule has 0 bridgehead atoms. The lowest BCUT2D eigenvalue weighted by Gasteiger charge is -2.17. The van der Waals surface area contributed by atoms with Crippen molar-refractivity contribution in [3.8, 4) is 0 Å². The summed E-state index contributed by atoms with van der Waals surface area (Å²) in [5.74, 6) is -1.37. The van der Waals surface area contributed by atoms with Crippen LogP contribution in [-0.4, -0.2) is 23.0 Å². The Morgan fingerprint density at radius 3 is 2.60 bits per heavy atom. The van der Waals surface area contributed by atoms with Crippen LogP contribution in [0.25, 0.3) is 0 Å². The lowest BCUT2D eigenvalue weighted by Crippen LogP contribution is -2.44. The minimum Gasteiger partial charge on any atom is -0.480 e. The van der Waals surface area contributed by atoms with Gasteiger partial charge in [0.25, 0.3) is 5.91 Å². The van der Waals surface area contributed by atoms with E-state index in [-0.39, 0.29) is 11.8 Å². The highest BCUT2D eigenvalue weighted by atomic mass is 32.1. The molecule has 0 aromatic carbocycles. The van der Waals surface area contributed by atoms with Crippen molar-refractivity contribution in [2.24, 2.45) is 5.92 Å². The Hall–Kier alpha value is -1.36. The van der Waals surface area contributed by atoms with Crippen LogP contribution >= 0.6 is 11.3 Å². The lowest BCUT2D eigenvalue weighted by atomic mass is 10.0. The minimum atomic E-state index is -0.980. The molecule has 1 aromatic rings. The summed E-state index contributed by atoms with van der Waals surface area (Å²) in [4.78, 5) is 25.3. The van der Waals surface area contributed by atoms with Crippen LogP contribution in [0, 0.1) is 5.92 Å². The Morgan fingerprint density at radius 1 is 1.25 bits per heavy atom. The Labute approximate surface area is 123 Å². The number of aliphatic carboxylic acids is 1. The zero-order valence-corrected chi connectivity index (χ0v) is 12.8. The summed E-state index contributed by atoms with van der Waals surface area (Å²) in [5.41, 5.74) is 1.27. The van der Waals surface area contributed by atoms with Crippen LogP contribution in [0.3, 0.4) is 0 Å². The van der Waals surface area contributed by atoms with Crippen LogP contribution in [0.2, 0.25) is 0 Å². The van der Waals surface area contributed by atoms with E-state index in [2.05, 4.69) is 5.32 Å². The first-order valence-corrected chi connectivity index (χ1v) is 7.96. The van der Waals surface area contributed by atoms with E-state index in [4.69, 9.17) is 5.11 Å². The van der Waals surface area contributed by atoms with Gasteiger partial charge in [0.1, 0.15) is 6.04 Å². The summed E-state index contributed by atoms with van der Waals surface area (Å²) >= 11 is 1.52. The number of nitrogens with one attached hydrogen (secondary N) is 1. The highest BCUT2D eigenvalue weighted by Crippen LogP contribution is 2.29. The highest BCUT2D eigenvalue weighted by Gasteiger charge is 2.25. The molecule has 110 valence electrons. The lowest BCUT2D eigenvalue weighted by molar-refractivity contribution is -0.140. The van der Waals surface area contributed by atoms with Gasteiger partial charge in [0.15, 0.2) is 0 Å². The number of rotatable bonds is 4. The fraction of sp³-hybridized carbons (Fsp3) is 0.600. The summed E-state index contributed by atoms with van der Waals surface area (Å²) in [6.45, 7) is 3.59. The van der Waals surface area contributed by atoms with E-state index in [1.165, 1.54) is 41.0 Å². The summed E-state index contributed by atoms with van der Waals surface area (Å²) in [6.07, 6.45) is 5.68. The van der Waals surface area contributed by atoms with Gasteiger partial charge in [0, 0.05) is 4.88 Å². The number of thiophene rings is 1. The van der Waals surface area contributed by atoms with Crippen LogP contribution in [0.15, 0.2) is 6.07 Å². The molecular formula is C15H21NO3S. The predicted molar refractivity (Wildman–Crippen MR) is 79.3 cm³/mol. The van der Waals surface area contributed by atoms with E-state index in [1.807, 2.05) is 6.07 Å². The fourth-order valence-electron chi connectivity index (χ4n) is 2.51. The molecule has 0 fully saturated rings. The average Bonchev–Trinajstić information content (AvgIpc) is 2.66. The third-order valence-electron chi connectivity index (χ3n) is 3.69. The average molecular weight is 295 g/mol. The molecule has 1 aromatic heterocycles. The van der Waals surface area contributed by atoms with E-state index in [0.717, 1.165) is 12.8 Å². The standard InChI is InChI=1S/C15H21NO3S/c1-9(2)13(15(18)19)16-14(17)12-8-10-6-4-3-5-7-11(10)20-12/h8-9,13H,3-7H2,1-2H3,(H,16,17)(H,18,19)/t13-/m0/s1. The zero-order chi connectivity index (χ0) is 14.7. The number of hydrogen-bond donors (Lipinski definition) is 2. The van der Waals surface area contributed by atoms with Gasteiger partial charge in [0.2, 0.25) is 0 Å². The van der Waals surface area contributed by atoms with Crippen LogP contribution in [0.5, 0.6) is 0 Å². The topological polar surface area (TPSA) is 66.4 Å². The maximum absolute atomic E-state index is 12.2. The minimum absolute atomic E-state index is 0.130. The monoisotopic (exact) mass is 295 g/mol. The van der Waals surface area contributed by atoms with E-state index in [0.29, 0.717) is 4.88 Å². The molecule has 0 unspecified atom stereocenters. The molecule has 2 rings (SSSR count). The second kappa shape index (κ2) is 6.39. The van der Waals surface area contributed by atoms with Gasteiger partial charge in [-0.15, -0.1) is 11.3 Å². The van der Waals surface area contributed by atoms with Crippen molar-refractivity contribution in [1.82, 2.24) is 5.32 Å². The van der Waals surface area contributed by atoms with E-state index >= 15 is 0 Å². The van der Waals surface area contributed by atoms with E-state index in [9.17, 15) is 9.59 Å². The van der Waals surface area contributed by atoms with Crippen molar-refractivity contribution < 1.29 is 14.7 Å². The second-order valence-electron chi connectivity index (χ2n) is 5.65. The predicted octanol–water partition coefficient (Wildman–Crippen LogP) is 2.86. The van der Waals surface area contributed by atoms with Crippen molar-refractivity contribution in [2.75, 3.05) is 0 Å². The number of carbonyl (C=O) groups excluding carboxylic acids is 1. The van der Waals surface area contributed by atoms with E-state index in [1.54, 1.807) is 13.8 Å². The number of aryl methyl sites for hydroxylation is 2. The van der Waals surface area contributed by atoms with Crippen molar-refractivity contribution >= 4 is 23.2 Å². The molecule has 1 aliphatic rings. The van der Waals surface area contributed by atoms with Crippen LogP contribution in [0.1, 0.15) is 53.2 Å². The molecule has 5 heteroatoms. The number of carbonyl (C=O) groups is 2. The quantitative estimate of drug-likeness (QED) is 0.839. The van der Waals surface area contributed by atoms with Crippen LogP contribution in [0.4, 0.5) is 0 Å².